The third-order valence-electron chi connectivity index (χ3n) is 1.58. The molecule has 1 heterocycles. The molecule has 0 fully saturated rings. The molecule has 4 N–H and O–H groups in total. The highest BCUT2D eigenvalue weighted by atomic mass is 16.5. The Hall–Kier alpha value is -2.29. The molecular weight excluding hydrogens is 208 g/mol. The molecule has 6 heteroatoms. The minimum Gasteiger partial charge on any atom is -0.465 e. The van der Waals surface area contributed by atoms with Crippen LogP contribution in [0.15, 0.2) is 6.20 Å². The predicted octanol–water partition coefficient (Wildman–Crippen LogP) is -0.0543. The number of carbonyl (C=O) groups excluding carboxylic acids is 1. The Morgan fingerprint density at radius 2 is 2.25 bits per heavy atom. The molecule has 0 radical (unpaired) electrons. The van der Waals surface area contributed by atoms with Gasteiger partial charge in [0, 0.05) is 0 Å². The van der Waals surface area contributed by atoms with E-state index in [1.807, 2.05) is 0 Å². The molecule has 0 aromatic carbocycles. The van der Waals surface area contributed by atoms with Crippen LogP contribution in [0.1, 0.15) is 19.0 Å². The number of hydrogen-bond acceptors (Lipinski definition) is 6. The van der Waals surface area contributed by atoms with Crippen LogP contribution in [0, 0.1) is 11.8 Å². The van der Waals surface area contributed by atoms with E-state index in [-0.39, 0.29) is 24.0 Å². The van der Waals surface area contributed by atoms with Crippen molar-refractivity contribution in [2.24, 2.45) is 0 Å². The molecule has 16 heavy (non-hydrogen) atoms. The first-order chi connectivity index (χ1) is 7.63. The second-order valence-corrected chi connectivity index (χ2v) is 2.81. The fourth-order valence-electron chi connectivity index (χ4n) is 0.892. The lowest BCUT2D eigenvalue weighted by Gasteiger charge is -1.97. The molecule has 0 aliphatic carbocycles. The summed E-state index contributed by atoms with van der Waals surface area (Å²) in [5.74, 6) is 5.17. The molecule has 0 saturated heterocycles. The van der Waals surface area contributed by atoms with Crippen LogP contribution in [0.5, 0.6) is 0 Å². The molecule has 0 aliphatic rings. The number of ether oxygens (including phenoxy) is 1. The van der Waals surface area contributed by atoms with Crippen LogP contribution in [0.25, 0.3) is 0 Å². The lowest BCUT2D eigenvalue weighted by molar-refractivity contribution is -0.141. The molecular formula is C10H12N4O2. The third-order valence-corrected chi connectivity index (χ3v) is 1.58. The normalized spacial score (nSPS) is 9.06. The molecule has 1 aromatic rings. The van der Waals surface area contributed by atoms with E-state index in [0.717, 1.165) is 0 Å². The van der Waals surface area contributed by atoms with E-state index in [0.29, 0.717) is 12.3 Å². The van der Waals surface area contributed by atoms with Gasteiger partial charge in [0.2, 0.25) is 0 Å². The van der Waals surface area contributed by atoms with Crippen molar-refractivity contribution < 1.29 is 9.53 Å². The Kier molecular flexibility index (Phi) is 4.09. The van der Waals surface area contributed by atoms with Crippen molar-refractivity contribution in [1.29, 1.82) is 0 Å². The largest absolute Gasteiger partial charge is 0.465 e. The summed E-state index contributed by atoms with van der Waals surface area (Å²) in [6.07, 6.45) is 1.41. The summed E-state index contributed by atoms with van der Waals surface area (Å²) in [7, 11) is 0. The number of rotatable bonds is 2. The maximum Gasteiger partial charge on any atom is 0.317 e. The second-order valence-electron chi connectivity index (χ2n) is 2.81. The van der Waals surface area contributed by atoms with Gasteiger partial charge in [0.15, 0.2) is 11.6 Å². The zero-order valence-electron chi connectivity index (χ0n) is 8.86. The van der Waals surface area contributed by atoms with E-state index < -0.39 is 0 Å². The van der Waals surface area contributed by atoms with Gasteiger partial charge in [-0.15, -0.1) is 0 Å². The fraction of sp³-hybridized carbons (Fsp3) is 0.300. The van der Waals surface area contributed by atoms with Crippen LogP contribution < -0.4 is 11.5 Å². The molecule has 0 unspecified atom stereocenters. The SMILES string of the molecule is CCOC(=O)CC#Cc1cnc(N)c(N)n1. The van der Waals surface area contributed by atoms with Crippen molar-refractivity contribution in [2.45, 2.75) is 13.3 Å². The third kappa shape index (κ3) is 3.46. The Morgan fingerprint density at radius 1 is 1.50 bits per heavy atom. The van der Waals surface area contributed by atoms with E-state index in [1.165, 1.54) is 6.20 Å². The quantitative estimate of drug-likeness (QED) is 0.534. The summed E-state index contributed by atoms with van der Waals surface area (Å²) < 4.78 is 4.70. The monoisotopic (exact) mass is 220 g/mol. The first kappa shape index (κ1) is 11.8. The van der Waals surface area contributed by atoms with E-state index in [1.54, 1.807) is 6.92 Å². The zero-order chi connectivity index (χ0) is 12.0. The summed E-state index contributed by atoms with van der Waals surface area (Å²) in [6, 6.07) is 0. The number of nitrogens with zero attached hydrogens (tertiary/aromatic N) is 2. The van der Waals surface area contributed by atoms with Gasteiger partial charge in [-0.05, 0) is 12.8 Å². The molecule has 1 aromatic heterocycles. The molecule has 0 aliphatic heterocycles. The van der Waals surface area contributed by atoms with Crippen LogP contribution in [-0.2, 0) is 9.53 Å². The van der Waals surface area contributed by atoms with Crippen LogP contribution in [0.3, 0.4) is 0 Å². The average molecular weight is 220 g/mol. The van der Waals surface area contributed by atoms with E-state index in [9.17, 15) is 4.79 Å². The van der Waals surface area contributed by atoms with Gasteiger partial charge in [0.25, 0.3) is 0 Å². The average Bonchev–Trinajstić information content (AvgIpc) is 2.24. The maximum absolute atomic E-state index is 10.9. The lowest BCUT2D eigenvalue weighted by atomic mass is 10.4. The van der Waals surface area contributed by atoms with Crippen molar-refractivity contribution >= 4 is 17.6 Å². The summed E-state index contributed by atoms with van der Waals surface area (Å²) in [5.41, 5.74) is 11.2. The van der Waals surface area contributed by atoms with Gasteiger partial charge in [-0.2, -0.15) is 0 Å². The van der Waals surface area contributed by atoms with Crippen molar-refractivity contribution in [3.05, 3.63) is 11.9 Å². The Balaban J connectivity index is 2.63. The summed E-state index contributed by atoms with van der Waals surface area (Å²) in [5, 5.41) is 0. The van der Waals surface area contributed by atoms with Gasteiger partial charge in [-0.3, -0.25) is 4.79 Å². The molecule has 0 atom stereocenters. The molecule has 0 bridgehead atoms. The van der Waals surface area contributed by atoms with Gasteiger partial charge < -0.3 is 16.2 Å². The maximum atomic E-state index is 10.9. The van der Waals surface area contributed by atoms with Crippen molar-refractivity contribution in [3.63, 3.8) is 0 Å². The minimum absolute atomic E-state index is 0.0137. The fourth-order valence-corrected chi connectivity index (χ4v) is 0.892. The Bertz CT molecular complexity index is 448. The Labute approximate surface area is 93.0 Å². The van der Waals surface area contributed by atoms with Gasteiger partial charge in [0.1, 0.15) is 12.1 Å². The molecule has 84 valence electrons. The first-order valence-corrected chi connectivity index (χ1v) is 4.66. The van der Waals surface area contributed by atoms with Gasteiger partial charge in [0.05, 0.1) is 12.8 Å². The van der Waals surface area contributed by atoms with E-state index >= 15 is 0 Å². The van der Waals surface area contributed by atoms with Crippen LogP contribution >= 0.6 is 0 Å². The summed E-state index contributed by atoms with van der Waals surface area (Å²) >= 11 is 0. The molecule has 1 rings (SSSR count). The van der Waals surface area contributed by atoms with Crippen molar-refractivity contribution in [1.82, 2.24) is 9.97 Å². The number of nitrogen functional groups attached to an aromatic ring is 2. The topological polar surface area (TPSA) is 104 Å². The van der Waals surface area contributed by atoms with Gasteiger partial charge in [-0.25, -0.2) is 9.97 Å². The number of anilines is 2. The summed E-state index contributed by atoms with van der Waals surface area (Å²) in [6.45, 7) is 2.08. The predicted molar refractivity (Wildman–Crippen MR) is 59.0 cm³/mol. The molecule has 0 saturated carbocycles. The van der Waals surface area contributed by atoms with Crippen LogP contribution in [0.4, 0.5) is 11.6 Å². The lowest BCUT2D eigenvalue weighted by Crippen LogP contribution is -2.03. The second kappa shape index (κ2) is 5.56. The van der Waals surface area contributed by atoms with E-state index in [4.69, 9.17) is 16.2 Å². The first-order valence-electron chi connectivity index (χ1n) is 4.66. The smallest absolute Gasteiger partial charge is 0.317 e. The van der Waals surface area contributed by atoms with Crippen LogP contribution in [-0.4, -0.2) is 22.5 Å². The molecule has 0 amide bonds. The van der Waals surface area contributed by atoms with Crippen LogP contribution in [0.2, 0.25) is 0 Å². The Morgan fingerprint density at radius 3 is 2.88 bits per heavy atom. The zero-order valence-corrected chi connectivity index (χ0v) is 8.86. The summed E-state index contributed by atoms with van der Waals surface area (Å²) in [4.78, 5) is 18.6. The molecule has 6 nitrogen and oxygen atoms in total. The standard InChI is InChI=1S/C10H12N4O2/c1-2-16-8(15)5-3-4-7-6-13-9(11)10(12)14-7/h6H,2,5H2,1H3,(H2,11,13)(H2,12,14). The molecule has 0 spiro atoms. The van der Waals surface area contributed by atoms with Gasteiger partial charge >= 0.3 is 5.97 Å². The highest BCUT2D eigenvalue weighted by Crippen LogP contribution is 2.05. The van der Waals surface area contributed by atoms with E-state index in [2.05, 4.69) is 21.8 Å². The highest BCUT2D eigenvalue weighted by Gasteiger charge is 1.99. The number of hydrogen-bond donors (Lipinski definition) is 2. The highest BCUT2D eigenvalue weighted by molar-refractivity contribution is 5.72. The van der Waals surface area contributed by atoms with Crippen molar-refractivity contribution in [3.8, 4) is 11.8 Å². The number of nitrogens with two attached hydrogens (primary N) is 2. The van der Waals surface area contributed by atoms with Gasteiger partial charge in [-0.1, -0.05) is 5.92 Å². The number of aromatic nitrogens is 2. The minimum atomic E-state index is -0.369. The number of esters is 1. The number of carbonyl (C=O) groups is 1. The van der Waals surface area contributed by atoms with Crippen molar-refractivity contribution in [2.75, 3.05) is 18.1 Å².